The number of aryl methyl sites for hydroxylation is 1. The first-order valence-electron chi connectivity index (χ1n) is 6.35. The van der Waals surface area contributed by atoms with Gasteiger partial charge in [0.2, 0.25) is 0 Å². The van der Waals surface area contributed by atoms with Crippen LogP contribution in [0.25, 0.3) is 0 Å². The van der Waals surface area contributed by atoms with Crippen LogP contribution >= 0.6 is 11.3 Å². The molecule has 19 heavy (non-hydrogen) atoms. The smallest absolute Gasteiger partial charge is 0.304 e. The standard InChI is InChI=1S/C13H18N2O3S/c1-10-3-9-19-12(10)13(18)15-7-5-14(6-8-15)4-2-11(16)17/h3,9H,2,4-8H2,1H3,(H,16,17). The third kappa shape index (κ3) is 3.54. The van der Waals surface area contributed by atoms with Gasteiger partial charge in [-0.2, -0.15) is 0 Å². The number of hydrogen-bond donors (Lipinski definition) is 1. The lowest BCUT2D eigenvalue weighted by atomic mass is 10.2. The quantitative estimate of drug-likeness (QED) is 0.904. The summed E-state index contributed by atoms with van der Waals surface area (Å²) in [5.74, 6) is -0.668. The number of hydrogen-bond acceptors (Lipinski definition) is 4. The van der Waals surface area contributed by atoms with Gasteiger partial charge in [-0.05, 0) is 23.9 Å². The SMILES string of the molecule is Cc1ccsc1C(=O)N1CCN(CCC(=O)O)CC1. The zero-order valence-electron chi connectivity index (χ0n) is 11.0. The van der Waals surface area contributed by atoms with Gasteiger partial charge < -0.3 is 10.0 Å². The van der Waals surface area contributed by atoms with E-state index >= 15 is 0 Å². The molecule has 0 aromatic carbocycles. The summed E-state index contributed by atoms with van der Waals surface area (Å²) in [6.45, 7) is 5.38. The Balaban J connectivity index is 1.85. The molecule has 0 atom stereocenters. The van der Waals surface area contributed by atoms with Crippen LogP contribution in [0.15, 0.2) is 11.4 Å². The van der Waals surface area contributed by atoms with E-state index in [-0.39, 0.29) is 12.3 Å². The summed E-state index contributed by atoms with van der Waals surface area (Å²) in [4.78, 5) is 27.6. The lowest BCUT2D eigenvalue weighted by Gasteiger charge is -2.34. The highest BCUT2D eigenvalue weighted by Gasteiger charge is 2.23. The van der Waals surface area contributed by atoms with Crippen molar-refractivity contribution in [2.45, 2.75) is 13.3 Å². The van der Waals surface area contributed by atoms with E-state index in [4.69, 9.17) is 5.11 Å². The summed E-state index contributed by atoms with van der Waals surface area (Å²) < 4.78 is 0. The molecule has 2 rings (SSSR count). The summed E-state index contributed by atoms with van der Waals surface area (Å²) in [5, 5.41) is 10.6. The van der Waals surface area contributed by atoms with Crippen LogP contribution in [-0.4, -0.2) is 59.5 Å². The first-order valence-corrected chi connectivity index (χ1v) is 7.23. The predicted molar refractivity (Wildman–Crippen MR) is 73.7 cm³/mol. The van der Waals surface area contributed by atoms with E-state index in [1.165, 1.54) is 11.3 Å². The second-order valence-corrected chi connectivity index (χ2v) is 5.63. The molecule has 6 heteroatoms. The lowest BCUT2D eigenvalue weighted by molar-refractivity contribution is -0.137. The molecule has 1 fully saturated rings. The number of nitrogens with zero attached hydrogens (tertiary/aromatic N) is 2. The molecular formula is C13H18N2O3S. The second kappa shape index (κ2) is 6.16. The molecule has 0 aliphatic carbocycles. The van der Waals surface area contributed by atoms with Crippen LogP contribution in [0.5, 0.6) is 0 Å². The van der Waals surface area contributed by atoms with Gasteiger partial charge in [0, 0.05) is 32.7 Å². The van der Waals surface area contributed by atoms with E-state index in [9.17, 15) is 9.59 Å². The number of thiophene rings is 1. The molecular weight excluding hydrogens is 264 g/mol. The van der Waals surface area contributed by atoms with Crippen molar-refractivity contribution in [2.75, 3.05) is 32.7 Å². The Hall–Kier alpha value is -1.40. The monoisotopic (exact) mass is 282 g/mol. The number of carboxylic acids is 1. The fourth-order valence-corrected chi connectivity index (χ4v) is 3.06. The summed E-state index contributed by atoms with van der Waals surface area (Å²) >= 11 is 1.48. The van der Waals surface area contributed by atoms with Crippen molar-refractivity contribution in [3.63, 3.8) is 0 Å². The summed E-state index contributed by atoms with van der Waals surface area (Å²) in [7, 11) is 0. The first-order chi connectivity index (χ1) is 9.08. The predicted octanol–water partition coefficient (Wildman–Crippen LogP) is 1.29. The third-order valence-electron chi connectivity index (χ3n) is 3.36. The number of carbonyl (C=O) groups is 2. The van der Waals surface area contributed by atoms with E-state index in [1.54, 1.807) is 0 Å². The fourth-order valence-electron chi connectivity index (χ4n) is 2.16. The molecule has 0 saturated carbocycles. The molecule has 0 bridgehead atoms. The zero-order chi connectivity index (χ0) is 13.8. The largest absolute Gasteiger partial charge is 0.481 e. The number of carbonyl (C=O) groups excluding carboxylic acids is 1. The minimum absolute atomic E-state index is 0.102. The number of aliphatic carboxylic acids is 1. The Bertz CT molecular complexity index is 464. The Kier molecular flexibility index (Phi) is 4.55. The molecule has 1 aliphatic rings. The molecule has 1 aromatic rings. The Labute approximate surface area is 116 Å². The van der Waals surface area contributed by atoms with Crippen LogP contribution in [-0.2, 0) is 4.79 Å². The normalized spacial score (nSPS) is 16.6. The van der Waals surface area contributed by atoms with Gasteiger partial charge in [-0.15, -0.1) is 11.3 Å². The molecule has 1 saturated heterocycles. The molecule has 1 aromatic heterocycles. The highest BCUT2D eigenvalue weighted by atomic mass is 32.1. The number of carboxylic acid groups (broad SMARTS) is 1. The van der Waals surface area contributed by atoms with Crippen molar-refractivity contribution in [1.82, 2.24) is 9.80 Å². The minimum atomic E-state index is -0.771. The van der Waals surface area contributed by atoms with Crippen LogP contribution in [0, 0.1) is 6.92 Å². The maximum absolute atomic E-state index is 12.3. The van der Waals surface area contributed by atoms with Crippen LogP contribution in [0.4, 0.5) is 0 Å². The molecule has 0 spiro atoms. The number of piperazine rings is 1. The van der Waals surface area contributed by atoms with Gasteiger partial charge in [0.05, 0.1) is 11.3 Å². The van der Waals surface area contributed by atoms with Gasteiger partial charge in [-0.3, -0.25) is 14.5 Å². The number of rotatable bonds is 4. The summed E-state index contributed by atoms with van der Waals surface area (Å²) in [6, 6.07) is 1.96. The third-order valence-corrected chi connectivity index (χ3v) is 4.36. The van der Waals surface area contributed by atoms with Crippen molar-refractivity contribution < 1.29 is 14.7 Å². The molecule has 104 valence electrons. The van der Waals surface area contributed by atoms with Gasteiger partial charge in [0.1, 0.15) is 0 Å². The van der Waals surface area contributed by atoms with Gasteiger partial charge in [-0.1, -0.05) is 0 Å². The maximum Gasteiger partial charge on any atom is 0.304 e. The molecule has 2 heterocycles. The van der Waals surface area contributed by atoms with Crippen molar-refractivity contribution in [1.29, 1.82) is 0 Å². The topological polar surface area (TPSA) is 60.9 Å². The number of amides is 1. The van der Waals surface area contributed by atoms with Crippen molar-refractivity contribution in [3.8, 4) is 0 Å². The molecule has 0 radical (unpaired) electrons. The van der Waals surface area contributed by atoms with Gasteiger partial charge in [0.25, 0.3) is 5.91 Å². The van der Waals surface area contributed by atoms with E-state index in [0.717, 1.165) is 23.5 Å². The van der Waals surface area contributed by atoms with Crippen LogP contribution < -0.4 is 0 Å². The summed E-state index contributed by atoms with van der Waals surface area (Å²) in [5.41, 5.74) is 1.03. The van der Waals surface area contributed by atoms with Crippen molar-refractivity contribution >= 4 is 23.2 Å². The van der Waals surface area contributed by atoms with E-state index < -0.39 is 5.97 Å². The molecule has 1 aliphatic heterocycles. The molecule has 5 nitrogen and oxygen atoms in total. The van der Waals surface area contributed by atoms with Gasteiger partial charge in [-0.25, -0.2) is 0 Å². The molecule has 0 unspecified atom stereocenters. The van der Waals surface area contributed by atoms with E-state index in [0.29, 0.717) is 19.6 Å². The van der Waals surface area contributed by atoms with Crippen molar-refractivity contribution in [3.05, 3.63) is 21.9 Å². The van der Waals surface area contributed by atoms with Gasteiger partial charge in [0.15, 0.2) is 0 Å². The molecule has 1 N–H and O–H groups in total. The highest BCUT2D eigenvalue weighted by molar-refractivity contribution is 7.12. The van der Waals surface area contributed by atoms with Gasteiger partial charge >= 0.3 is 5.97 Å². The average Bonchev–Trinajstić information content (AvgIpc) is 2.82. The maximum atomic E-state index is 12.3. The van der Waals surface area contributed by atoms with E-state index in [2.05, 4.69) is 4.90 Å². The van der Waals surface area contributed by atoms with Crippen LogP contribution in [0.1, 0.15) is 21.7 Å². The lowest BCUT2D eigenvalue weighted by Crippen LogP contribution is -2.49. The Morgan fingerprint density at radius 1 is 1.32 bits per heavy atom. The summed E-state index contributed by atoms with van der Waals surface area (Å²) in [6.07, 6.45) is 0.165. The first kappa shape index (κ1) is 14.0. The van der Waals surface area contributed by atoms with E-state index in [1.807, 2.05) is 23.3 Å². The second-order valence-electron chi connectivity index (χ2n) is 4.71. The minimum Gasteiger partial charge on any atom is -0.481 e. The zero-order valence-corrected chi connectivity index (χ0v) is 11.8. The van der Waals surface area contributed by atoms with Crippen LogP contribution in [0.3, 0.4) is 0 Å². The highest BCUT2D eigenvalue weighted by Crippen LogP contribution is 2.18. The fraction of sp³-hybridized carbons (Fsp3) is 0.538. The average molecular weight is 282 g/mol. The van der Waals surface area contributed by atoms with Crippen molar-refractivity contribution in [2.24, 2.45) is 0 Å². The Morgan fingerprint density at radius 2 is 2.00 bits per heavy atom. The molecule has 1 amide bonds. The Morgan fingerprint density at radius 3 is 2.53 bits per heavy atom. The van der Waals surface area contributed by atoms with Crippen LogP contribution in [0.2, 0.25) is 0 Å².